The van der Waals surface area contributed by atoms with Crippen LogP contribution in [0.5, 0.6) is 5.75 Å². The minimum Gasteiger partial charge on any atom is -0.493 e. The summed E-state index contributed by atoms with van der Waals surface area (Å²) in [5.74, 6) is 0.879. The van der Waals surface area contributed by atoms with E-state index in [1.165, 1.54) is 0 Å². The second-order valence-electron chi connectivity index (χ2n) is 3.39. The van der Waals surface area contributed by atoms with Crippen LogP contribution in [0.2, 0.25) is 0 Å². The summed E-state index contributed by atoms with van der Waals surface area (Å²) < 4.78 is 5.61. The predicted octanol–water partition coefficient (Wildman–Crippen LogP) is 3.76. The van der Waals surface area contributed by atoms with Crippen LogP contribution in [-0.4, -0.2) is 13.3 Å². The van der Waals surface area contributed by atoms with Crippen molar-refractivity contribution in [3.8, 4) is 5.75 Å². The fraction of sp³-hybridized carbons (Fsp3) is 0.308. The van der Waals surface area contributed by atoms with Crippen LogP contribution in [0.1, 0.15) is 24.5 Å². The van der Waals surface area contributed by atoms with E-state index in [1.807, 2.05) is 19.1 Å². The Morgan fingerprint density at radius 1 is 1.47 bits per heavy atom. The zero-order valence-corrected chi connectivity index (χ0v) is 9.42. The second kappa shape index (κ2) is 5.35. The van der Waals surface area contributed by atoms with Gasteiger partial charge in [-0.05, 0) is 31.7 Å². The number of nitrogens with zero attached hydrogens (tertiary/aromatic N) is 1. The molecule has 0 fully saturated rings. The maximum atomic E-state index is 5.61. The molecule has 0 saturated heterocycles. The summed E-state index contributed by atoms with van der Waals surface area (Å²) in [4.78, 5) is 3.95. The standard InChI is InChI=1S/C13H17NO/c1-5-7-15-13-9-12(14-4)11(6-2)8-10(13)3/h6,8-9H,2,4-5,7H2,1,3H3. The molecule has 1 aromatic rings. The summed E-state index contributed by atoms with van der Waals surface area (Å²) in [6.07, 6.45) is 2.78. The molecule has 0 aromatic heterocycles. The highest BCUT2D eigenvalue weighted by molar-refractivity contribution is 5.68. The van der Waals surface area contributed by atoms with Crippen molar-refractivity contribution in [1.82, 2.24) is 0 Å². The van der Waals surface area contributed by atoms with Crippen LogP contribution in [0.25, 0.3) is 6.08 Å². The van der Waals surface area contributed by atoms with Gasteiger partial charge in [0.1, 0.15) is 5.75 Å². The third-order valence-electron chi connectivity index (χ3n) is 2.18. The minimum atomic E-state index is 0.727. The molecule has 0 heterocycles. The number of aliphatic imine (C=N–C) groups is 1. The maximum absolute atomic E-state index is 5.61. The van der Waals surface area contributed by atoms with Crippen molar-refractivity contribution in [2.45, 2.75) is 20.3 Å². The van der Waals surface area contributed by atoms with Crippen LogP contribution in [0.15, 0.2) is 23.7 Å². The topological polar surface area (TPSA) is 21.6 Å². The molecule has 2 nitrogen and oxygen atoms in total. The Morgan fingerprint density at radius 3 is 2.73 bits per heavy atom. The van der Waals surface area contributed by atoms with E-state index in [0.717, 1.165) is 35.6 Å². The van der Waals surface area contributed by atoms with Gasteiger partial charge in [-0.15, -0.1) is 0 Å². The summed E-state index contributed by atoms with van der Waals surface area (Å²) in [5.41, 5.74) is 2.92. The number of aryl methyl sites for hydroxylation is 1. The Labute approximate surface area is 91.3 Å². The molecule has 0 spiro atoms. The highest BCUT2D eigenvalue weighted by Gasteiger charge is 2.04. The summed E-state index contributed by atoms with van der Waals surface area (Å²) in [6.45, 7) is 12.1. The van der Waals surface area contributed by atoms with Crippen LogP contribution in [-0.2, 0) is 0 Å². The van der Waals surface area contributed by atoms with Crippen LogP contribution >= 0.6 is 0 Å². The van der Waals surface area contributed by atoms with Gasteiger partial charge in [0.15, 0.2) is 0 Å². The number of benzene rings is 1. The van der Waals surface area contributed by atoms with E-state index < -0.39 is 0 Å². The molecule has 0 aliphatic rings. The number of hydrogen-bond acceptors (Lipinski definition) is 2. The molecule has 0 saturated carbocycles. The largest absolute Gasteiger partial charge is 0.493 e. The lowest BCUT2D eigenvalue weighted by molar-refractivity contribution is 0.315. The Morgan fingerprint density at radius 2 is 2.20 bits per heavy atom. The van der Waals surface area contributed by atoms with Crippen molar-refractivity contribution in [1.29, 1.82) is 0 Å². The molecule has 2 heteroatoms. The van der Waals surface area contributed by atoms with Gasteiger partial charge in [0.05, 0.1) is 12.3 Å². The number of rotatable bonds is 5. The molecule has 0 aliphatic heterocycles. The van der Waals surface area contributed by atoms with E-state index in [4.69, 9.17) is 4.74 Å². The third kappa shape index (κ3) is 2.69. The number of hydrogen-bond donors (Lipinski definition) is 0. The molecule has 0 atom stereocenters. The first-order valence-electron chi connectivity index (χ1n) is 5.09. The fourth-order valence-corrected chi connectivity index (χ4v) is 1.37. The first-order chi connectivity index (χ1) is 7.22. The van der Waals surface area contributed by atoms with Crippen LogP contribution in [0.3, 0.4) is 0 Å². The lowest BCUT2D eigenvalue weighted by Gasteiger charge is -2.10. The number of ether oxygens (including phenoxy) is 1. The van der Waals surface area contributed by atoms with Gasteiger partial charge < -0.3 is 4.74 Å². The van der Waals surface area contributed by atoms with Gasteiger partial charge in [0.2, 0.25) is 0 Å². The zero-order chi connectivity index (χ0) is 11.3. The summed E-state index contributed by atoms with van der Waals surface area (Å²) in [6, 6.07) is 3.93. The first kappa shape index (κ1) is 11.5. The average Bonchev–Trinajstić information content (AvgIpc) is 2.27. The van der Waals surface area contributed by atoms with Gasteiger partial charge in [0.25, 0.3) is 0 Å². The van der Waals surface area contributed by atoms with E-state index in [1.54, 1.807) is 6.08 Å². The maximum Gasteiger partial charge on any atom is 0.124 e. The van der Waals surface area contributed by atoms with Gasteiger partial charge >= 0.3 is 0 Å². The van der Waals surface area contributed by atoms with Crippen molar-refractivity contribution >= 4 is 18.5 Å². The van der Waals surface area contributed by atoms with Crippen molar-refractivity contribution in [3.63, 3.8) is 0 Å². The molecule has 1 aromatic carbocycles. The van der Waals surface area contributed by atoms with Crippen LogP contribution in [0, 0.1) is 6.92 Å². The quantitative estimate of drug-likeness (QED) is 0.668. The van der Waals surface area contributed by atoms with Gasteiger partial charge in [-0.2, -0.15) is 0 Å². The van der Waals surface area contributed by atoms with Crippen molar-refractivity contribution in [2.24, 2.45) is 4.99 Å². The van der Waals surface area contributed by atoms with E-state index in [2.05, 4.69) is 25.2 Å². The SMILES string of the molecule is C=Cc1cc(C)c(OCCC)cc1N=C. The molecule has 0 radical (unpaired) electrons. The first-order valence-corrected chi connectivity index (χ1v) is 5.09. The molecule has 1 rings (SSSR count). The van der Waals surface area contributed by atoms with Crippen LogP contribution in [0.4, 0.5) is 5.69 Å². The Hall–Kier alpha value is -1.57. The average molecular weight is 203 g/mol. The van der Waals surface area contributed by atoms with Crippen molar-refractivity contribution in [3.05, 3.63) is 29.8 Å². The van der Waals surface area contributed by atoms with Crippen molar-refractivity contribution in [2.75, 3.05) is 6.61 Å². The van der Waals surface area contributed by atoms with E-state index in [0.29, 0.717) is 0 Å². The fourth-order valence-electron chi connectivity index (χ4n) is 1.37. The monoisotopic (exact) mass is 203 g/mol. The van der Waals surface area contributed by atoms with Gasteiger partial charge in [-0.3, -0.25) is 4.99 Å². The van der Waals surface area contributed by atoms with E-state index in [9.17, 15) is 0 Å². The highest BCUT2D eigenvalue weighted by atomic mass is 16.5. The third-order valence-corrected chi connectivity index (χ3v) is 2.18. The normalized spacial score (nSPS) is 9.73. The highest BCUT2D eigenvalue weighted by Crippen LogP contribution is 2.29. The molecule has 0 bridgehead atoms. The lowest BCUT2D eigenvalue weighted by Crippen LogP contribution is -1.97. The predicted molar refractivity (Wildman–Crippen MR) is 66.3 cm³/mol. The van der Waals surface area contributed by atoms with Crippen LogP contribution < -0.4 is 4.74 Å². The minimum absolute atomic E-state index is 0.727. The van der Waals surface area contributed by atoms with Gasteiger partial charge in [0, 0.05) is 11.6 Å². The Balaban J connectivity index is 3.07. The van der Waals surface area contributed by atoms with Gasteiger partial charge in [-0.1, -0.05) is 19.6 Å². The summed E-state index contributed by atoms with van der Waals surface area (Å²) >= 11 is 0. The molecule has 0 unspecified atom stereocenters. The van der Waals surface area contributed by atoms with E-state index >= 15 is 0 Å². The Bertz CT molecular complexity index is 369. The molecule has 80 valence electrons. The molecule has 0 N–H and O–H groups in total. The second-order valence-corrected chi connectivity index (χ2v) is 3.39. The summed E-state index contributed by atoms with van der Waals surface area (Å²) in [7, 11) is 0. The zero-order valence-electron chi connectivity index (χ0n) is 9.42. The molecular weight excluding hydrogens is 186 g/mol. The van der Waals surface area contributed by atoms with Gasteiger partial charge in [-0.25, -0.2) is 0 Å². The van der Waals surface area contributed by atoms with E-state index in [-0.39, 0.29) is 0 Å². The Kier molecular flexibility index (Phi) is 4.10. The summed E-state index contributed by atoms with van der Waals surface area (Å²) in [5, 5.41) is 0. The molecular formula is C13H17NO. The molecule has 0 aliphatic carbocycles. The van der Waals surface area contributed by atoms with Crippen molar-refractivity contribution < 1.29 is 4.74 Å². The smallest absolute Gasteiger partial charge is 0.124 e. The lowest BCUT2D eigenvalue weighted by atomic mass is 10.1. The molecule has 0 amide bonds. The molecule has 15 heavy (non-hydrogen) atoms.